The van der Waals surface area contributed by atoms with E-state index in [0.717, 1.165) is 5.56 Å². The zero-order valence-corrected chi connectivity index (χ0v) is 10.8. The Balaban J connectivity index is 3.08. The quantitative estimate of drug-likeness (QED) is 0.619. The maximum atomic E-state index is 10.8. The van der Waals surface area contributed by atoms with Crippen LogP contribution in [0.4, 0.5) is 0 Å². The second-order valence-electron chi connectivity index (χ2n) is 2.62. The van der Waals surface area contributed by atoms with Gasteiger partial charge in [-0.15, -0.1) is 0 Å². The zero-order chi connectivity index (χ0) is 10.1. The lowest BCUT2D eigenvalue weighted by atomic mass is 10.2. The Hall–Kier alpha value is 0.290. The van der Waals surface area contributed by atoms with Gasteiger partial charge in [-0.25, -0.2) is 0 Å². The number of alkyl halides is 2. The van der Waals surface area contributed by atoms with Crippen molar-refractivity contribution in [2.24, 2.45) is 0 Å². The van der Waals surface area contributed by atoms with Crippen LogP contribution in [0.1, 0.15) is 11.1 Å². The third-order valence-corrected chi connectivity index (χ3v) is 4.75. The van der Waals surface area contributed by atoms with Gasteiger partial charge in [-0.05, 0) is 23.6 Å². The van der Waals surface area contributed by atoms with E-state index in [1.165, 1.54) is 0 Å². The Morgan fingerprint density at radius 2 is 1.77 bits per heavy atom. The molecule has 0 N–H and O–H groups in total. The van der Waals surface area contributed by atoms with Crippen molar-refractivity contribution in [3.05, 3.63) is 35.4 Å². The summed E-state index contributed by atoms with van der Waals surface area (Å²) in [5.74, 6) is 0. The summed E-state index contributed by atoms with van der Waals surface area (Å²) in [6.45, 7) is 1.95. The highest BCUT2D eigenvalue weighted by Crippen LogP contribution is 2.40. The molecule has 5 heteroatoms. The molecular weight excluding hydrogens is 320 g/mol. The van der Waals surface area contributed by atoms with E-state index in [1.54, 1.807) is 12.1 Å². The van der Waals surface area contributed by atoms with E-state index in [1.807, 2.05) is 19.1 Å². The van der Waals surface area contributed by atoms with E-state index in [0.29, 0.717) is 5.56 Å². The highest BCUT2D eigenvalue weighted by atomic mass is 79.9. The summed E-state index contributed by atoms with van der Waals surface area (Å²) in [5, 5.41) is 0. The molecule has 1 aromatic carbocycles. The molecule has 0 spiro atoms. The molecular formula is C8H7Br2O2S-. The van der Waals surface area contributed by atoms with Crippen LogP contribution in [0.3, 0.4) is 0 Å². The van der Waals surface area contributed by atoms with Gasteiger partial charge in [-0.2, -0.15) is 0 Å². The van der Waals surface area contributed by atoms with Crippen molar-refractivity contribution >= 4 is 42.9 Å². The number of rotatable bonds is 2. The number of hydrogen-bond acceptors (Lipinski definition) is 2. The lowest BCUT2D eigenvalue weighted by Gasteiger charge is -2.23. The van der Waals surface area contributed by atoms with Gasteiger partial charge in [0.1, 0.15) is 0 Å². The van der Waals surface area contributed by atoms with Crippen LogP contribution in [0.2, 0.25) is 0 Å². The Morgan fingerprint density at radius 3 is 2.15 bits per heavy atom. The van der Waals surface area contributed by atoms with Gasteiger partial charge in [0.25, 0.3) is 0 Å². The Bertz CT molecular complexity index is 321. The fourth-order valence-electron chi connectivity index (χ4n) is 0.844. The van der Waals surface area contributed by atoms with Gasteiger partial charge in [0.05, 0.1) is 0 Å². The Morgan fingerprint density at radius 1 is 1.31 bits per heavy atom. The van der Waals surface area contributed by atoms with Crippen molar-refractivity contribution in [3.63, 3.8) is 0 Å². The predicted octanol–water partition coefficient (Wildman–Crippen LogP) is 2.77. The van der Waals surface area contributed by atoms with Crippen molar-refractivity contribution in [2.45, 2.75) is 9.49 Å². The molecule has 0 aliphatic carbocycles. The van der Waals surface area contributed by atoms with Crippen molar-refractivity contribution in [1.82, 2.24) is 0 Å². The molecule has 0 amide bonds. The molecule has 13 heavy (non-hydrogen) atoms. The van der Waals surface area contributed by atoms with Gasteiger partial charge in [0, 0.05) is 0 Å². The molecule has 0 aromatic heterocycles. The molecule has 0 saturated carbocycles. The van der Waals surface area contributed by atoms with Gasteiger partial charge in [-0.3, -0.25) is 4.21 Å². The number of hydrogen-bond donors (Lipinski definition) is 0. The fraction of sp³-hybridized carbons (Fsp3) is 0.250. The third kappa shape index (κ3) is 2.62. The van der Waals surface area contributed by atoms with Gasteiger partial charge >= 0.3 is 0 Å². The molecule has 0 bridgehead atoms. The summed E-state index contributed by atoms with van der Waals surface area (Å²) < 4.78 is 20.5. The highest BCUT2D eigenvalue weighted by molar-refractivity contribution is 9.27. The molecule has 1 aromatic rings. The van der Waals surface area contributed by atoms with Crippen molar-refractivity contribution < 1.29 is 8.76 Å². The summed E-state index contributed by atoms with van der Waals surface area (Å²) in [6, 6.07) is 7.24. The normalized spacial score (nSPS) is 14.2. The average Bonchev–Trinajstić information content (AvgIpc) is 2.04. The predicted molar refractivity (Wildman–Crippen MR) is 59.6 cm³/mol. The first-order valence-electron chi connectivity index (χ1n) is 3.49. The SMILES string of the molecule is Cc1ccc(C(Br)(Br)S(=O)[O-])cc1. The van der Waals surface area contributed by atoms with Crippen molar-refractivity contribution in [3.8, 4) is 0 Å². The molecule has 0 radical (unpaired) electrons. The van der Waals surface area contributed by atoms with Gasteiger partial charge < -0.3 is 4.55 Å². The van der Waals surface area contributed by atoms with E-state index in [-0.39, 0.29) is 0 Å². The minimum absolute atomic E-state index is 0.659. The molecule has 0 heterocycles. The van der Waals surface area contributed by atoms with Crippen LogP contribution in [0.5, 0.6) is 0 Å². The zero-order valence-electron chi connectivity index (χ0n) is 6.79. The van der Waals surface area contributed by atoms with E-state index in [4.69, 9.17) is 0 Å². The first-order chi connectivity index (χ1) is 5.94. The van der Waals surface area contributed by atoms with Crippen molar-refractivity contribution in [1.29, 1.82) is 0 Å². The van der Waals surface area contributed by atoms with Crippen LogP contribution in [-0.2, 0) is 13.6 Å². The highest BCUT2D eigenvalue weighted by Gasteiger charge is 2.26. The molecule has 0 aliphatic heterocycles. The van der Waals surface area contributed by atoms with Crippen LogP contribution in [0.15, 0.2) is 24.3 Å². The monoisotopic (exact) mass is 325 g/mol. The first kappa shape index (κ1) is 11.4. The van der Waals surface area contributed by atoms with Crippen LogP contribution in [0.25, 0.3) is 0 Å². The third-order valence-electron chi connectivity index (χ3n) is 1.60. The Labute approximate surface area is 96.3 Å². The maximum absolute atomic E-state index is 10.8. The summed E-state index contributed by atoms with van der Waals surface area (Å²) in [5.41, 5.74) is 1.75. The first-order valence-corrected chi connectivity index (χ1v) is 6.15. The molecule has 1 atom stereocenters. The summed E-state index contributed by atoms with van der Waals surface area (Å²) in [4.78, 5) is 0. The average molecular weight is 327 g/mol. The standard InChI is InChI=1S/C8H8Br2O2S/c1-6-2-4-7(5-3-6)8(9,10)13(11)12/h2-5H,1H3,(H,11,12)/p-1. The molecule has 1 unspecified atom stereocenters. The molecule has 0 fully saturated rings. The van der Waals surface area contributed by atoms with Gasteiger partial charge in [-0.1, -0.05) is 61.7 Å². The van der Waals surface area contributed by atoms with Crippen LogP contribution >= 0.6 is 31.9 Å². The molecule has 0 saturated heterocycles. The molecule has 1 rings (SSSR count). The maximum Gasteiger partial charge on any atom is 0.166 e. The molecule has 2 nitrogen and oxygen atoms in total. The summed E-state index contributed by atoms with van der Waals surface area (Å²) >= 11 is 3.92. The fourth-order valence-corrected chi connectivity index (χ4v) is 1.70. The Kier molecular flexibility index (Phi) is 3.68. The lowest BCUT2D eigenvalue weighted by Crippen LogP contribution is -2.15. The second kappa shape index (κ2) is 4.21. The van der Waals surface area contributed by atoms with E-state index < -0.39 is 13.6 Å². The van der Waals surface area contributed by atoms with Gasteiger partial charge in [0.2, 0.25) is 0 Å². The van der Waals surface area contributed by atoms with Crippen LogP contribution in [0, 0.1) is 6.92 Å². The molecule has 72 valence electrons. The van der Waals surface area contributed by atoms with Crippen LogP contribution < -0.4 is 0 Å². The minimum Gasteiger partial charge on any atom is -0.770 e. The largest absolute Gasteiger partial charge is 0.770 e. The van der Waals surface area contributed by atoms with Crippen LogP contribution in [-0.4, -0.2) is 8.76 Å². The second-order valence-corrected chi connectivity index (χ2v) is 8.19. The topological polar surface area (TPSA) is 40.1 Å². The summed E-state index contributed by atoms with van der Waals surface area (Å²) in [6.07, 6.45) is 0. The molecule has 0 aliphatic rings. The van der Waals surface area contributed by atoms with Crippen molar-refractivity contribution in [2.75, 3.05) is 0 Å². The smallest absolute Gasteiger partial charge is 0.166 e. The number of halogens is 2. The van der Waals surface area contributed by atoms with Gasteiger partial charge in [0.15, 0.2) is 2.57 Å². The number of aryl methyl sites for hydroxylation is 1. The van der Waals surface area contributed by atoms with E-state index >= 15 is 0 Å². The minimum atomic E-state index is -2.25. The number of benzene rings is 1. The van der Waals surface area contributed by atoms with E-state index in [9.17, 15) is 8.76 Å². The lowest BCUT2D eigenvalue weighted by molar-refractivity contribution is 0.533. The van der Waals surface area contributed by atoms with E-state index in [2.05, 4.69) is 31.9 Å². The summed E-state index contributed by atoms with van der Waals surface area (Å²) in [7, 11) is 0.